The molecule has 184 valence electrons. The zero-order valence-electron chi connectivity index (χ0n) is 21.0. The standard InChI is InChI=1S/C35H23N2OP/c38-39(25-13-3-1-4-14-25,26-15-5-2-6-16-26)34-21-11-12-24-22-29-27-17-7-9-19-32(27)37-33-20-10-8-18-31(33)36-35(37)30(29)23-28(24)34/h1-23H. The molecule has 8 rings (SSSR count). The molecule has 0 fully saturated rings. The summed E-state index contributed by atoms with van der Waals surface area (Å²) in [5.74, 6) is 0. The van der Waals surface area contributed by atoms with Gasteiger partial charge in [-0.1, -0.05) is 109 Å². The molecule has 0 saturated heterocycles. The molecule has 0 unspecified atom stereocenters. The van der Waals surface area contributed by atoms with Crippen LogP contribution in [0.5, 0.6) is 0 Å². The van der Waals surface area contributed by atoms with Crippen molar-refractivity contribution >= 4 is 72.2 Å². The fraction of sp³-hybridized carbons (Fsp3) is 0. The van der Waals surface area contributed by atoms with Crippen LogP contribution in [-0.4, -0.2) is 9.38 Å². The van der Waals surface area contributed by atoms with Crippen LogP contribution in [-0.2, 0) is 4.57 Å². The van der Waals surface area contributed by atoms with E-state index in [0.29, 0.717) is 0 Å². The maximum absolute atomic E-state index is 15.4. The van der Waals surface area contributed by atoms with Crippen molar-refractivity contribution < 1.29 is 4.57 Å². The lowest BCUT2D eigenvalue weighted by atomic mass is 10.0. The second-order valence-corrected chi connectivity index (χ2v) is 12.7. The van der Waals surface area contributed by atoms with Gasteiger partial charge in [-0.25, -0.2) is 4.98 Å². The number of pyridine rings is 1. The van der Waals surface area contributed by atoms with Crippen LogP contribution in [0.3, 0.4) is 0 Å². The van der Waals surface area contributed by atoms with Gasteiger partial charge in [0.2, 0.25) is 0 Å². The van der Waals surface area contributed by atoms with Gasteiger partial charge in [0, 0.05) is 26.7 Å². The summed E-state index contributed by atoms with van der Waals surface area (Å²) in [6, 6.07) is 47.2. The maximum atomic E-state index is 15.4. The van der Waals surface area contributed by atoms with Gasteiger partial charge in [0.25, 0.3) is 0 Å². The third kappa shape index (κ3) is 3.17. The summed E-state index contributed by atoms with van der Waals surface area (Å²) >= 11 is 0. The van der Waals surface area contributed by atoms with Gasteiger partial charge in [-0.15, -0.1) is 0 Å². The van der Waals surface area contributed by atoms with Crippen LogP contribution in [0.1, 0.15) is 0 Å². The molecule has 3 nitrogen and oxygen atoms in total. The summed E-state index contributed by atoms with van der Waals surface area (Å²) in [4.78, 5) is 5.10. The predicted octanol–water partition coefficient (Wildman–Crippen LogP) is 7.59. The Morgan fingerprint density at radius 2 is 1.15 bits per heavy atom. The van der Waals surface area contributed by atoms with Gasteiger partial charge in [-0.05, 0) is 46.5 Å². The molecule has 0 N–H and O–H groups in total. The van der Waals surface area contributed by atoms with Gasteiger partial charge in [0.1, 0.15) is 5.65 Å². The molecule has 39 heavy (non-hydrogen) atoms. The summed E-state index contributed by atoms with van der Waals surface area (Å²) in [6.45, 7) is 0. The molecular weight excluding hydrogens is 495 g/mol. The second-order valence-electron chi connectivity index (χ2n) is 9.95. The van der Waals surface area contributed by atoms with Gasteiger partial charge in [-0.2, -0.15) is 0 Å². The Hall–Kier alpha value is -4.72. The Morgan fingerprint density at radius 1 is 0.513 bits per heavy atom. The van der Waals surface area contributed by atoms with Gasteiger partial charge in [0.05, 0.1) is 16.6 Å². The van der Waals surface area contributed by atoms with E-state index in [0.717, 1.165) is 59.7 Å². The highest BCUT2D eigenvalue weighted by Gasteiger charge is 2.31. The Kier molecular flexibility index (Phi) is 4.79. The number of aromatic nitrogens is 2. The summed E-state index contributed by atoms with van der Waals surface area (Å²) in [5, 5.41) is 7.94. The van der Waals surface area contributed by atoms with Crippen LogP contribution in [0.15, 0.2) is 140 Å². The van der Waals surface area contributed by atoms with Gasteiger partial charge in [0.15, 0.2) is 7.14 Å². The van der Waals surface area contributed by atoms with Crippen molar-refractivity contribution in [3.05, 3.63) is 140 Å². The molecule has 0 amide bonds. The second kappa shape index (κ2) is 8.39. The Labute approximate surface area is 225 Å². The first kappa shape index (κ1) is 22.3. The Balaban J connectivity index is 1.56. The monoisotopic (exact) mass is 518 g/mol. The number of hydrogen-bond acceptors (Lipinski definition) is 2. The molecular formula is C35H23N2OP. The average Bonchev–Trinajstić information content (AvgIpc) is 3.41. The average molecular weight is 519 g/mol. The Bertz CT molecular complexity index is 2210. The number of benzene rings is 6. The first-order valence-corrected chi connectivity index (χ1v) is 14.8. The minimum atomic E-state index is -3.16. The quantitative estimate of drug-likeness (QED) is 0.137. The van der Waals surface area contributed by atoms with E-state index in [4.69, 9.17) is 4.98 Å². The lowest BCUT2D eigenvalue weighted by Crippen LogP contribution is -2.25. The third-order valence-electron chi connectivity index (χ3n) is 7.81. The van der Waals surface area contributed by atoms with Crippen molar-refractivity contribution in [1.82, 2.24) is 9.38 Å². The topological polar surface area (TPSA) is 34.4 Å². The van der Waals surface area contributed by atoms with E-state index in [1.807, 2.05) is 78.9 Å². The molecule has 0 aliphatic heterocycles. The minimum Gasteiger partial charge on any atom is -0.309 e. The molecule has 6 aromatic carbocycles. The van der Waals surface area contributed by atoms with Gasteiger partial charge < -0.3 is 4.57 Å². The summed E-state index contributed by atoms with van der Waals surface area (Å²) < 4.78 is 17.6. The van der Waals surface area contributed by atoms with Crippen molar-refractivity contribution in [3.8, 4) is 0 Å². The highest BCUT2D eigenvalue weighted by Crippen LogP contribution is 2.45. The molecule has 2 heterocycles. The molecule has 0 atom stereocenters. The maximum Gasteiger partial charge on any atom is 0.171 e. The van der Waals surface area contributed by atoms with Crippen molar-refractivity contribution in [2.75, 3.05) is 0 Å². The molecule has 0 aliphatic carbocycles. The lowest BCUT2D eigenvalue weighted by Gasteiger charge is -2.22. The van der Waals surface area contributed by atoms with Crippen molar-refractivity contribution in [2.45, 2.75) is 0 Å². The predicted molar refractivity (Wildman–Crippen MR) is 165 cm³/mol. The lowest BCUT2D eigenvalue weighted by molar-refractivity contribution is 0.592. The zero-order valence-corrected chi connectivity index (χ0v) is 21.9. The number of nitrogens with zero attached hydrogens (tertiary/aromatic N) is 2. The van der Waals surface area contributed by atoms with E-state index in [9.17, 15) is 0 Å². The van der Waals surface area contributed by atoms with Crippen LogP contribution >= 0.6 is 7.14 Å². The normalized spacial score (nSPS) is 12.2. The molecule has 0 aliphatic rings. The number of imidazole rings is 1. The zero-order chi connectivity index (χ0) is 26.0. The highest BCUT2D eigenvalue weighted by molar-refractivity contribution is 7.85. The van der Waals surface area contributed by atoms with E-state index in [-0.39, 0.29) is 0 Å². The van der Waals surface area contributed by atoms with Crippen molar-refractivity contribution in [2.24, 2.45) is 0 Å². The number of rotatable bonds is 3. The van der Waals surface area contributed by atoms with E-state index < -0.39 is 7.14 Å². The van der Waals surface area contributed by atoms with E-state index in [2.05, 4.69) is 65.1 Å². The highest BCUT2D eigenvalue weighted by atomic mass is 31.2. The molecule has 0 saturated carbocycles. The number of hydrogen-bond donors (Lipinski definition) is 0. The summed E-state index contributed by atoms with van der Waals surface area (Å²) in [7, 11) is -3.16. The SMILES string of the molecule is O=P(c1ccccc1)(c1ccccc1)c1cccc2cc3c4ccccc4n4c5ccccc5nc4c3cc12. The van der Waals surface area contributed by atoms with Crippen LogP contribution in [0.4, 0.5) is 0 Å². The van der Waals surface area contributed by atoms with Crippen LogP contribution in [0.25, 0.3) is 49.1 Å². The molecule has 4 heteroatoms. The molecule has 0 radical (unpaired) electrons. The van der Waals surface area contributed by atoms with E-state index in [1.165, 1.54) is 5.39 Å². The van der Waals surface area contributed by atoms with E-state index >= 15 is 4.57 Å². The van der Waals surface area contributed by atoms with Gasteiger partial charge >= 0.3 is 0 Å². The number of fused-ring (bicyclic) bond motifs is 9. The third-order valence-corrected chi connectivity index (χ3v) is 10.9. The largest absolute Gasteiger partial charge is 0.309 e. The number of para-hydroxylation sites is 3. The van der Waals surface area contributed by atoms with E-state index in [1.54, 1.807) is 0 Å². The fourth-order valence-corrected chi connectivity index (χ4v) is 8.91. The minimum absolute atomic E-state index is 0.832. The van der Waals surface area contributed by atoms with Crippen molar-refractivity contribution in [3.63, 3.8) is 0 Å². The van der Waals surface area contributed by atoms with Crippen LogP contribution < -0.4 is 15.9 Å². The van der Waals surface area contributed by atoms with Gasteiger partial charge in [-0.3, -0.25) is 4.40 Å². The first-order chi connectivity index (χ1) is 19.2. The summed E-state index contributed by atoms with van der Waals surface area (Å²) in [6.07, 6.45) is 0. The smallest absolute Gasteiger partial charge is 0.171 e. The molecule has 8 aromatic rings. The van der Waals surface area contributed by atoms with Crippen LogP contribution in [0, 0.1) is 0 Å². The van der Waals surface area contributed by atoms with Crippen LogP contribution in [0.2, 0.25) is 0 Å². The first-order valence-electron chi connectivity index (χ1n) is 13.1. The molecule has 0 spiro atoms. The summed E-state index contributed by atoms with van der Waals surface area (Å²) in [5.41, 5.74) is 4.08. The molecule has 2 aromatic heterocycles. The molecule has 0 bridgehead atoms. The Morgan fingerprint density at radius 3 is 1.90 bits per heavy atom. The fourth-order valence-electron chi connectivity index (χ4n) is 6.04. The van der Waals surface area contributed by atoms with Crippen molar-refractivity contribution in [1.29, 1.82) is 0 Å².